The average molecular weight is 435 g/mol. The molecule has 1 aromatic carbocycles. The Morgan fingerprint density at radius 3 is 2.71 bits per heavy atom. The summed E-state index contributed by atoms with van der Waals surface area (Å²) >= 11 is 1.90. The van der Waals surface area contributed by atoms with Gasteiger partial charge in [-0.15, -0.1) is 6.42 Å². The largest absolute Gasteiger partial charge is 0.385 e. The van der Waals surface area contributed by atoms with E-state index in [0.29, 0.717) is 16.9 Å². The van der Waals surface area contributed by atoms with Crippen LogP contribution in [0.15, 0.2) is 30.5 Å². The first kappa shape index (κ1) is 21.9. The molecule has 162 valence electrons. The first-order chi connectivity index (χ1) is 14.8. The summed E-state index contributed by atoms with van der Waals surface area (Å²) in [6.45, 7) is 4.59. The Hall–Kier alpha value is -2.29. The van der Waals surface area contributed by atoms with E-state index in [9.17, 15) is 9.90 Å². The number of aromatic amines is 1. The van der Waals surface area contributed by atoms with Gasteiger partial charge in [-0.1, -0.05) is 38.0 Å². The minimum absolute atomic E-state index is 0.0833. The third-order valence-corrected chi connectivity index (χ3v) is 7.62. The maximum atomic E-state index is 12.9. The van der Waals surface area contributed by atoms with Gasteiger partial charge in [-0.3, -0.25) is 4.79 Å². The number of hydrogen-bond acceptors (Lipinski definition) is 4. The maximum Gasteiger partial charge on any atom is 0.202 e. The Kier molecular flexibility index (Phi) is 6.14. The lowest BCUT2D eigenvalue weighted by Crippen LogP contribution is -2.30. The van der Waals surface area contributed by atoms with Crippen LogP contribution in [-0.2, 0) is 12.0 Å². The molecule has 1 saturated heterocycles. The smallest absolute Gasteiger partial charge is 0.202 e. The number of nitrogens with one attached hydrogen (secondary N) is 1. The van der Waals surface area contributed by atoms with Crippen molar-refractivity contribution in [2.45, 2.75) is 58.0 Å². The monoisotopic (exact) mass is 434 g/mol. The quantitative estimate of drug-likeness (QED) is 0.506. The van der Waals surface area contributed by atoms with E-state index in [1.807, 2.05) is 23.9 Å². The van der Waals surface area contributed by atoms with E-state index in [4.69, 9.17) is 6.42 Å². The molecule has 4 rings (SSSR count). The molecule has 0 bridgehead atoms. The summed E-state index contributed by atoms with van der Waals surface area (Å²) in [5, 5.41) is 11.3. The first-order valence-corrected chi connectivity index (χ1v) is 12.1. The highest BCUT2D eigenvalue weighted by atomic mass is 32.2. The fourth-order valence-electron chi connectivity index (χ4n) is 4.43. The van der Waals surface area contributed by atoms with Crippen molar-refractivity contribution in [2.24, 2.45) is 5.41 Å². The van der Waals surface area contributed by atoms with Gasteiger partial charge in [0.05, 0.1) is 11.8 Å². The summed E-state index contributed by atoms with van der Waals surface area (Å²) in [7, 11) is 0. The SMILES string of the molecule is C#Cc1cnc(C(=O)Cc2ccc(C3(O)CCSCC3)cc2C2=CCC(C)(C)CC2)[nH]1. The van der Waals surface area contributed by atoms with E-state index in [1.54, 1.807) is 0 Å². The number of Topliss-reactive ketones (excluding diaryl/α,β-unsaturated/α-hetero) is 1. The number of nitrogens with zero attached hydrogens (tertiary/aromatic N) is 1. The summed E-state index contributed by atoms with van der Waals surface area (Å²) in [6, 6.07) is 6.16. The maximum absolute atomic E-state index is 12.9. The van der Waals surface area contributed by atoms with Gasteiger partial charge in [-0.2, -0.15) is 11.8 Å². The van der Waals surface area contributed by atoms with Gasteiger partial charge in [0.25, 0.3) is 0 Å². The second kappa shape index (κ2) is 8.68. The predicted molar refractivity (Wildman–Crippen MR) is 127 cm³/mol. The molecule has 2 N–H and O–H groups in total. The van der Waals surface area contributed by atoms with Gasteiger partial charge < -0.3 is 10.1 Å². The molecule has 0 radical (unpaired) electrons. The fourth-order valence-corrected chi connectivity index (χ4v) is 5.60. The van der Waals surface area contributed by atoms with E-state index in [-0.39, 0.29) is 12.2 Å². The molecule has 1 fully saturated rings. The molecule has 4 nitrogen and oxygen atoms in total. The van der Waals surface area contributed by atoms with Crippen LogP contribution in [0.2, 0.25) is 0 Å². The van der Waals surface area contributed by atoms with Gasteiger partial charge in [0.2, 0.25) is 5.78 Å². The number of thioether (sulfide) groups is 1. The number of benzene rings is 1. The zero-order chi connectivity index (χ0) is 22.1. The van der Waals surface area contributed by atoms with Crippen LogP contribution in [-0.4, -0.2) is 32.4 Å². The number of terminal acetylenes is 1. The van der Waals surface area contributed by atoms with Crippen molar-refractivity contribution in [1.82, 2.24) is 9.97 Å². The van der Waals surface area contributed by atoms with E-state index in [1.165, 1.54) is 11.8 Å². The lowest BCUT2D eigenvalue weighted by Gasteiger charge is -2.34. The van der Waals surface area contributed by atoms with Crippen molar-refractivity contribution in [1.29, 1.82) is 0 Å². The number of carbonyl (C=O) groups is 1. The third-order valence-electron chi connectivity index (χ3n) is 6.63. The Balaban J connectivity index is 1.69. The number of carbonyl (C=O) groups excluding carboxylic acids is 1. The molecule has 1 aromatic heterocycles. The number of imidazole rings is 1. The highest BCUT2D eigenvalue weighted by molar-refractivity contribution is 7.99. The first-order valence-electron chi connectivity index (χ1n) is 11.0. The highest BCUT2D eigenvalue weighted by Crippen LogP contribution is 2.41. The third kappa shape index (κ3) is 4.81. The van der Waals surface area contributed by atoms with Crippen LogP contribution in [0.25, 0.3) is 5.57 Å². The summed E-state index contributed by atoms with van der Waals surface area (Å²) in [5.74, 6) is 4.63. The molecule has 1 aliphatic heterocycles. The average Bonchev–Trinajstić information content (AvgIpc) is 3.24. The van der Waals surface area contributed by atoms with Gasteiger partial charge in [0.15, 0.2) is 5.82 Å². The molecule has 2 heterocycles. The second-order valence-electron chi connectivity index (χ2n) is 9.50. The number of rotatable bonds is 5. The molecular weight excluding hydrogens is 404 g/mol. The Bertz CT molecular complexity index is 1050. The van der Waals surface area contributed by atoms with Crippen molar-refractivity contribution >= 4 is 23.1 Å². The van der Waals surface area contributed by atoms with Crippen LogP contribution in [0.3, 0.4) is 0 Å². The molecule has 0 saturated carbocycles. The number of ketones is 1. The van der Waals surface area contributed by atoms with Crippen LogP contribution in [0.5, 0.6) is 0 Å². The molecule has 0 spiro atoms. The van der Waals surface area contributed by atoms with Gasteiger partial charge in [-0.05, 0) is 77.4 Å². The molecular formula is C26H30N2O2S. The lowest BCUT2D eigenvalue weighted by molar-refractivity contribution is 0.0280. The number of H-pyrrole nitrogens is 1. The normalized spacial score (nSPS) is 20.0. The zero-order valence-electron chi connectivity index (χ0n) is 18.3. The Labute approximate surface area is 188 Å². The van der Waals surface area contributed by atoms with Gasteiger partial charge in [0, 0.05) is 6.42 Å². The molecule has 0 unspecified atom stereocenters. The van der Waals surface area contributed by atoms with Crippen LogP contribution >= 0.6 is 11.8 Å². The van der Waals surface area contributed by atoms with Crippen molar-refractivity contribution in [3.05, 3.63) is 58.7 Å². The molecule has 2 aliphatic rings. The predicted octanol–water partition coefficient (Wildman–Crippen LogP) is 5.12. The minimum atomic E-state index is -0.778. The Morgan fingerprint density at radius 1 is 1.29 bits per heavy atom. The molecule has 1 aliphatic carbocycles. The number of hydrogen-bond donors (Lipinski definition) is 2. The van der Waals surface area contributed by atoms with Crippen molar-refractivity contribution in [3.8, 4) is 12.3 Å². The van der Waals surface area contributed by atoms with Crippen LogP contribution in [0.1, 0.15) is 79.0 Å². The van der Waals surface area contributed by atoms with Crippen LogP contribution < -0.4 is 0 Å². The van der Waals surface area contributed by atoms with E-state index >= 15 is 0 Å². The van der Waals surface area contributed by atoms with Gasteiger partial charge in [-0.25, -0.2) is 4.98 Å². The number of aromatic nitrogens is 2. The molecule has 2 aromatic rings. The highest BCUT2D eigenvalue weighted by Gasteiger charge is 2.33. The van der Waals surface area contributed by atoms with Gasteiger partial charge >= 0.3 is 0 Å². The van der Waals surface area contributed by atoms with E-state index in [2.05, 4.69) is 41.9 Å². The van der Waals surface area contributed by atoms with Crippen molar-refractivity contribution in [3.63, 3.8) is 0 Å². The van der Waals surface area contributed by atoms with Crippen molar-refractivity contribution in [2.75, 3.05) is 11.5 Å². The molecule has 31 heavy (non-hydrogen) atoms. The summed E-state index contributed by atoms with van der Waals surface area (Å²) in [5.41, 5.74) is 4.35. The van der Waals surface area contributed by atoms with Gasteiger partial charge in [0.1, 0.15) is 5.69 Å². The fraction of sp³-hybridized carbons (Fsp3) is 0.462. The summed E-state index contributed by atoms with van der Waals surface area (Å²) in [4.78, 5) is 19.9. The summed E-state index contributed by atoms with van der Waals surface area (Å²) in [6.07, 6.45) is 14.1. The number of allylic oxidation sites excluding steroid dienone is 2. The van der Waals surface area contributed by atoms with Crippen molar-refractivity contribution < 1.29 is 9.90 Å². The molecule has 0 amide bonds. The van der Waals surface area contributed by atoms with Crippen LogP contribution in [0.4, 0.5) is 0 Å². The Morgan fingerprint density at radius 2 is 2.06 bits per heavy atom. The topological polar surface area (TPSA) is 66.0 Å². The number of aliphatic hydroxyl groups is 1. The van der Waals surface area contributed by atoms with E-state index < -0.39 is 5.60 Å². The van der Waals surface area contributed by atoms with Crippen LogP contribution in [0, 0.1) is 17.8 Å². The standard InChI is InChI=1S/C26H30N2O2S/c1-4-21-17-27-24(28-21)23(29)15-19-5-6-20(26(30)11-13-31-14-12-26)16-22(19)18-7-9-25(2,3)10-8-18/h1,5-7,16-17,30H,8-15H2,2-3H3,(H,27,28). The molecule has 5 heteroatoms. The molecule has 0 atom stereocenters. The summed E-state index contributed by atoms with van der Waals surface area (Å²) < 4.78 is 0. The zero-order valence-corrected chi connectivity index (χ0v) is 19.1. The lowest BCUT2D eigenvalue weighted by atomic mass is 9.75. The second-order valence-corrected chi connectivity index (χ2v) is 10.7. The minimum Gasteiger partial charge on any atom is -0.385 e. The van der Waals surface area contributed by atoms with E-state index in [0.717, 1.165) is 60.3 Å².